The summed E-state index contributed by atoms with van der Waals surface area (Å²) in [5.41, 5.74) is 7.52. The van der Waals surface area contributed by atoms with Gasteiger partial charge in [0.05, 0.1) is 43.6 Å². The summed E-state index contributed by atoms with van der Waals surface area (Å²) in [5.74, 6) is 0.327. The van der Waals surface area contributed by atoms with E-state index in [4.69, 9.17) is 25.8 Å². The van der Waals surface area contributed by atoms with Crippen LogP contribution < -0.4 is 14.4 Å². The van der Waals surface area contributed by atoms with Crippen LogP contribution in [0.5, 0.6) is 11.5 Å². The molecule has 12 nitrogen and oxygen atoms in total. The summed E-state index contributed by atoms with van der Waals surface area (Å²) < 4.78 is 35.2. The third kappa shape index (κ3) is 9.07. The maximum absolute atomic E-state index is 13.9. The number of aromatic nitrogens is 4. The molecule has 312 valence electrons. The van der Waals surface area contributed by atoms with Gasteiger partial charge in [0.1, 0.15) is 28.5 Å². The first-order valence-electron chi connectivity index (χ1n) is 20.8. The Morgan fingerprint density at radius 3 is 2.62 bits per heavy atom. The normalized spacial score (nSPS) is 17.4. The number of halogens is 1. The zero-order valence-corrected chi connectivity index (χ0v) is 35.4. The highest BCUT2D eigenvalue weighted by Gasteiger charge is 2.41. The molecule has 1 saturated carbocycles. The maximum Gasteiger partial charge on any atom is 0.296 e. The Kier molecular flexibility index (Phi) is 12.1. The molecule has 1 atom stereocenters. The van der Waals surface area contributed by atoms with Crippen molar-refractivity contribution in [2.45, 2.75) is 50.0 Å². The molecule has 1 saturated heterocycles. The zero-order valence-electron chi connectivity index (χ0n) is 33.8. The molecule has 0 radical (unpaired) electrons. The van der Waals surface area contributed by atoms with Gasteiger partial charge in [-0.3, -0.25) is 14.4 Å². The second-order valence-electron chi connectivity index (χ2n) is 16.2. The molecule has 2 N–H and O–H groups in total. The molecule has 0 bridgehead atoms. The van der Waals surface area contributed by atoms with Gasteiger partial charge in [0, 0.05) is 85.8 Å². The number of carbonyl (C=O) groups is 1. The lowest BCUT2D eigenvalue weighted by Gasteiger charge is -2.47. The number of pyridine rings is 1. The lowest BCUT2D eigenvalue weighted by Crippen LogP contribution is -2.47. The van der Waals surface area contributed by atoms with Gasteiger partial charge in [0.2, 0.25) is 0 Å². The van der Waals surface area contributed by atoms with E-state index in [1.54, 1.807) is 41.8 Å². The van der Waals surface area contributed by atoms with Crippen LogP contribution in [-0.2, 0) is 27.4 Å². The lowest BCUT2D eigenvalue weighted by molar-refractivity contribution is 0.0655. The van der Waals surface area contributed by atoms with Gasteiger partial charge in [-0.15, -0.1) is 0 Å². The van der Waals surface area contributed by atoms with Gasteiger partial charge < -0.3 is 28.6 Å². The molecular formula is C46H50ClN7O5S. The minimum absolute atomic E-state index is 0.266. The van der Waals surface area contributed by atoms with E-state index >= 15 is 0 Å². The lowest BCUT2D eigenvalue weighted by atomic mass is 9.59. The number of amides is 1. The highest BCUT2D eigenvalue weighted by molar-refractivity contribution is 7.90. The number of rotatable bonds is 15. The zero-order chi connectivity index (χ0) is 41.1. The van der Waals surface area contributed by atoms with E-state index < -0.39 is 17.3 Å². The molecule has 14 heteroatoms. The number of ether oxygens (including phenoxy) is 3. The Morgan fingerprint density at radius 1 is 0.967 bits per heavy atom. The number of hydrogen-bond acceptors (Lipinski definition) is 9. The number of piperazine rings is 1. The summed E-state index contributed by atoms with van der Waals surface area (Å²) >= 11 is 4.43. The topological polar surface area (TPSA) is 133 Å². The number of benzene rings is 3. The van der Waals surface area contributed by atoms with Crippen molar-refractivity contribution < 1.29 is 23.6 Å². The molecular weight excluding hydrogens is 798 g/mol. The summed E-state index contributed by atoms with van der Waals surface area (Å²) in [6, 6.07) is 23.2. The molecule has 60 heavy (non-hydrogen) atoms. The van der Waals surface area contributed by atoms with Crippen molar-refractivity contribution >= 4 is 62.1 Å². The number of nitrogens with one attached hydrogen (secondary N) is 2. The van der Waals surface area contributed by atoms with Crippen LogP contribution in [0.1, 0.15) is 54.4 Å². The Balaban J connectivity index is 0.899. The number of anilines is 1. The second kappa shape index (κ2) is 18.0. The van der Waals surface area contributed by atoms with Crippen LogP contribution in [0.2, 0.25) is 5.02 Å². The number of nitrogens with zero attached hydrogens (tertiary/aromatic N) is 5. The van der Waals surface area contributed by atoms with Crippen molar-refractivity contribution in [3.05, 3.63) is 113 Å². The molecule has 2 aliphatic carbocycles. The third-order valence-corrected chi connectivity index (χ3v) is 13.6. The van der Waals surface area contributed by atoms with E-state index in [1.165, 1.54) is 43.2 Å². The first-order valence-corrected chi connectivity index (χ1v) is 22.3. The minimum atomic E-state index is -1.86. The SMILES string of the molecule is COCCOCCn1cc2ccc([S+]([O-])NC(=O)c3ccc(N4CCN(CC5=C(c6ccc(Cl)cc6)CC6(CCC6)CC5)CC4)cc3Oc3cnc4[nH]ccc4c3)cc2n1. The van der Waals surface area contributed by atoms with E-state index in [2.05, 4.69) is 41.7 Å². The van der Waals surface area contributed by atoms with Crippen LogP contribution in [0.25, 0.3) is 27.5 Å². The number of methoxy groups -OCH3 is 1. The Morgan fingerprint density at radius 2 is 1.82 bits per heavy atom. The summed E-state index contributed by atoms with van der Waals surface area (Å²) in [6.45, 7) is 6.57. The van der Waals surface area contributed by atoms with E-state index in [0.29, 0.717) is 53.7 Å². The molecule has 3 aromatic heterocycles. The van der Waals surface area contributed by atoms with Gasteiger partial charge in [-0.1, -0.05) is 35.7 Å². The molecule has 1 aliphatic heterocycles. The Hall–Kier alpha value is -4.89. The van der Waals surface area contributed by atoms with Gasteiger partial charge >= 0.3 is 0 Å². The van der Waals surface area contributed by atoms with Crippen molar-refractivity contribution in [2.24, 2.45) is 5.41 Å². The molecule has 4 heterocycles. The molecule has 9 rings (SSSR count). The Labute approximate surface area is 358 Å². The average Bonchev–Trinajstić information content (AvgIpc) is 3.90. The second-order valence-corrected chi connectivity index (χ2v) is 17.8. The fraction of sp³-hybridized carbons (Fsp3) is 0.370. The maximum atomic E-state index is 13.9. The fourth-order valence-electron chi connectivity index (χ4n) is 8.78. The number of carbonyl (C=O) groups excluding carboxylic acids is 1. The summed E-state index contributed by atoms with van der Waals surface area (Å²) in [6.07, 6.45) is 13.0. The smallest absolute Gasteiger partial charge is 0.296 e. The van der Waals surface area contributed by atoms with E-state index in [1.807, 2.05) is 54.9 Å². The first-order chi connectivity index (χ1) is 29.3. The standard InChI is InChI=1S/C46H50ClN7O5S/c1-57-23-24-58-22-21-54-31-35-5-9-39(27-42(35)50-54)60(56)51-45(55)40-10-8-37(26-43(40)59-38-25-33-12-16-48-44(33)49-29-38)53-19-17-52(18-20-53)30-34-11-15-46(13-2-14-46)28-41(34)32-3-6-36(47)7-4-32/h3-10,12,16,25-27,29,31H,2,11,13-15,17-24,28,30H2,1H3,(H,48,49)(H,51,55). The number of H-pyrrole nitrogens is 1. The first kappa shape index (κ1) is 40.5. The fourth-order valence-corrected chi connectivity index (χ4v) is 9.72. The van der Waals surface area contributed by atoms with Crippen LogP contribution in [0.15, 0.2) is 102 Å². The van der Waals surface area contributed by atoms with Crippen molar-refractivity contribution in [1.29, 1.82) is 0 Å². The van der Waals surface area contributed by atoms with Crippen molar-refractivity contribution in [2.75, 3.05) is 64.6 Å². The van der Waals surface area contributed by atoms with Gasteiger partial charge in [-0.2, -0.15) is 9.82 Å². The molecule has 2 fully saturated rings. The molecule has 1 spiro atoms. The summed E-state index contributed by atoms with van der Waals surface area (Å²) in [5, 5.41) is 7.18. The van der Waals surface area contributed by atoms with Crippen LogP contribution in [0, 0.1) is 5.41 Å². The number of fused-ring (bicyclic) bond motifs is 2. The predicted octanol–water partition coefficient (Wildman–Crippen LogP) is 8.40. The monoisotopic (exact) mass is 847 g/mol. The van der Waals surface area contributed by atoms with Crippen LogP contribution in [0.4, 0.5) is 5.69 Å². The number of hydrogen-bond donors (Lipinski definition) is 2. The van der Waals surface area contributed by atoms with Crippen LogP contribution in [-0.4, -0.2) is 94.8 Å². The molecule has 1 amide bonds. The van der Waals surface area contributed by atoms with Gasteiger partial charge in [-0.25, -0.2) is 4.98 Å². The molecule has 1 unspecified atom stereocenters. The number of allylic oxidation sites excluding steroid dienone is 1. The average molecular weight is 848 g/mol. The van der Waals surface area contributed by atoms with Gasteiger partial charge in [0.25, 0.3) is 5.91 Å². The quantitative estimate of drug-likeness (QED) is 0.0773. The molecule has 3 aliphatic rings. The summed E-state index contributed by atoms with van der Waals surface area (Å²) in [7, 11) is 1.64. The minimum Gasteiger partial charge on any atom is -0.588 e. The van der Waals surface area contributed by atoms with E-state index in [-0.39, 0.29) is 5.56 Å². The number of aromatic amines is 1. The summed E-state index contributed by atoms with van der Waals surface area (Å²) in [4.78, 5) is 26.9. The highest BCUT2D eigenvalue weighted by atomic mass is 35.5. The largest absolute Gasteiger partial charge is 0.588 e. The molecule has 6 aromatic rings. The predicted molar refractivity (Wildman–Crippen MR) is 236 cm³/mol. The van der Waals surface area contributed by atoms with Crippen LogP contribution >= 0.6 is 11.6 Å². The van der Waals surface area contributed by atoms with Crippen molar-refractivity contribution in [3.63, 3.8) is 0 Å². The van der Waals surface area contributed by atoms with Crippen LogP contribution in [0.3, 0.4) is 0 Å². The van der Waals surface area contributed by atoms with E-state index in [9.17, 15) is 9.35 Å². The van der Waals surface area contributed by atoms with Crippen molar-refractivity contribution in [1.82, 2.24) is 29.4 Å². The van der Waals surface area contributed by atoms with Gasteiger partial charge in [0.15, 0.2) is 4.90 Å². The third-order valence-electron chi connectivity index (χ3n) is 12.3. The molecule has 3 aromatic carbocycles. The van der Waals surface area contributed by atoms with Gasteiger partial charge in [-0.05, 0) is 97.2 Å². The Bertz CT molecular complexity index is 2490. The van der Waals surface area contributed by atoms with Crippen molar-refractivity contribution in [3.8, 4) is 11.5 Å². The highest BCUT2D eigenvalue weighted by Crippen LogP contribution is 2.55. The van der Waals surface area contributed by atoms with E-state index in [0.717, 1.165) is 66.3 Å².